The summed E-state index contributed by atoms with van der Waals surface area (Å²) in [5.41, 5.74) is 7.01. The molecule has 128 valence electrons. The van der Waals surface area contributed by atoms with E-state index in [1.165, 1.54) is 13.2 Å². The topological polar surface area (TPSA) is 73.6 Å². The van der Waals surface area contributed by atoms with Gasteiger partial charge in [-0.15, -0.1) is 0 Å². The normalized spacial score (nSPS) is 11.0. The van der Waals surface area contributed by atoms with E-state index in [9.17, 15) is 9.18 Å². The number of nitrogens with two attached hydrogens (primary N) is 1. The molecule has 2 aromatic rings. The van der Waals surface area contributed by atoms with Crippen molar-refractivity contribution in [3.63, 3.8) is 0 Å². The third kappa shape index (κ3) is 4.38. The van der Waals surface area contributed by atoms with Gasteiger partial charge < -0.3 is 15.2 Å². The monoisotopic (exact) mass is 332 g/mol. The Morgan fingerprint density at radius 1 is 1.17 bits per heavy atom. The number of nitrogens with one attached hydrogen (secondary N) is 1. The molecule has 0 aromatic heterocycles. The molecule has 0 atom stereocenters. The third-order valence-electron chi connectivity index (χ3n) is 3.17. The number of amides is 1. The molecule has 2 aromatic carbocycles. The van der Waals surface area contributed by atoms with Crippen LogP contribution in [0, 0.1) is 5.82 Å². The Kier molecular flexibility index (Phi) is 4.97. The van der Waals surface area contributed by atoms with E-state index in [0.717, 1.165) is 0 Å². The third-order valence-corrected chi connectivity index (χ3v) is 3.17. The molecule has 0 aliphatic carbocycles. The smallest absolute Gasteiger partial charge is 0.412 e. The maximum Gasteiger partial charge on any atom is 0.412 e. The summed E-state index contributed by atoms with van der Waals surface area (Å²) in [7, 11) is 1.51. The summed E-state index contributed by atoms with van der Waals surface area (Å²) in [6.07, 6.45) is -0.602. The van der Waals surface area contributed by atoms with E-state index in [2.05, 4.69) is 5.32 Å². The summed E-state index contributed by atoms with van der Waals surface area (Å²) < 4.78 is 24.3. The zero-order valence-corrected chi connectivity index (χ0v) is 14.1. The Bertz CT molecular complexity index is 754. The second kappa shape index (κ2) is 6.78. The molecule has 0 fully saturated rings. The van der Waals surface area contributed by atoms with E-state index in [-0.39, 0.29) is 5.82 Å². The number of carbonyl (C=O) groups is 1. The lowest BCUT2D eigenvalue weighted by molar-refractivity contribution is 0.0636. The van der Waals surface area contributed by atoms with Crippen molar-refractivity contribution in [3.05, 3.63) is 42.2 Å². The highest BCUT2D eigenvalue weighted by Crippen LogP contribution is 2.31. The van der Waals surface area contributed by atoms with Gasteiger partial charge in [-0.05, 0) is 56.7 Å². The van der Waals surface area contributed by atoms with E-state index in [4.69, 9.17) is 15.2 Å². The average molecular weight is 332 g/mol. The van der Waals surface area contributed by atoms with Crippen LogP contribution in [0.15, 0.2) is 36.4 Å². The van der Waals surface area contributed by atoms with E-state index in [1.54, 1.807) is 51.1 Å². The summed E-state index contributed by atoms with van der Waals surface area (Å²) in [6.45, 7) is 5.31. The number of methoxy groups -OCH3 is 1. The fraction of sp³-hybridized carbons (Fsp3) is 0.278. The molecular weight excluding hydrogens is 311 g/mol. The van der Waals surface area contributed by atoms with Gasteiger partial charge in [0.05, 0.1) is 18.5 Å². The molecule has 1 amide bonds. The molecule has 0 bridgehead atoms. The van der Waals surface area contributed by atoms with Crippen LogP contribution in [0.3, 0.4) is 0 Å². The second-order valence-electron chi connectivity index (χ2n) is 6.27. The van der Waals surface area contributed by atoms with Crippen molar-refractivity contribution >= 4 is 17.5 Å². The van der Waals surface area contributed by atoms with Crippen LogP contribution in [0.1, 0.15) is 20.8 Å². The van der Waals surface area contributed by atoms with Crippen LogP contribution in [0.25, 0.3) is 11.1 Å². The Morgan fingerprint density at radius 3 is 2.46 bits per heavy atom. The van der Waals surface area contributed by atoms with Gasteiger partial charge in [-0.2, -0.15) is 0 Å². The fourth-order valence-corrected chi connectivity index (χ4v) is 2.11. The number of carbonyl (C=O) groups excluding carboxylic acids is 1. The molecule has 2 rings (SSSR count). The largest absolute Gasteiger partial charge is 0.497 e. The molecule has 0 aliphatic heterocycles. The molecular formula is C18H21FN2O3. The van der Waals surface area contributed by atoms with Gasteiger partial charge >= 0.3 is 6.09 Å². The second-order valence-corrected chi connectivity index (χ2v) is 6.27. The van der Waals surface area contributed by atoms with Gasteiger partial charge in [0.1, 0.15) is 17.2 Å². The standard InChI is InChI=1S/C18H21FN2O3/c1-18(2,3)24-17(22)21-16-8-5-11(9-15(16)20)13-10-12(23-4)6-7-14(13)19/h5-10H,20H2,1-4H3,(H,21,22). The quantitative estimate of drug-likeness (QED) is 0.816. The van der Waals surface area contributed by atoms with Crippen molar-refractivity contribution in [2.75, 3.05) is 18.2 Å². The van der Waals surface area contributed by atoms with Gasteiger partial charge in [-0.3, -0.25) is 5.32 Å². The first-order valence-electron chi connectivity index (χ1n) is 7.43. The number of nitrogen functional groups attached to an aromatic ring is 1. The molecule has 0 spiro atoms. The van der Waals surface area contributed by atoms with Crippen LogP contribution >= 0.6 is 0 Å². The number of anilines is 2. The van der Waals surface area contributed by atoms with Gasteiger partial charge in [0.2, 0.25) is 0 Å². The number of ether oxygens (including phenoxy) is 2. The number of hydrogen-bond donors (Lipinski definition) is 2. The maximum absolute atomic E-state index is 14.0. The molecule has 0 saturated heterocycles. The first-order chi connectivity index (χ1) is 11.2. The maximum atomic E-state index is 14.0. The summed E-state index contributed by atoms with van der Waals surface area (Å²) in [6, 6.07) is 9.32. The van der Waals surface area contributed by atoms with Crippen molar-refractivity contribution in [3.8, 4) is 16.9 Å². The lowest BCUT2D eigenvalue weighted by Crippen LogP contribution is -2.27. The highest BCUT2D eigenvalue weighted by atomic mass is 19.1. The molecule has 0 saturated carbocycles. The Morgan fingerprint density at radius 2 is 1.88 bits per heavy atom. The number of halogens is 1. The van der Waals surface area contributed by atoms with Crippen molar-refractivity contribution in [1.29, 1.82) is 0 Å². The van der Waals surface area contributed by atoms with Crippen LogP contribution in [0.4, 0.5) is 20.6 Å². The highest BCUT2D eigenvalue weighted by molar-refractivity contribution is 5.90. The number of hydrogen-bond acceptors (Lipinski definition) is 4. The van der Waals surface area contributed by atoms with Crippen molar-refractivity contribution in [1.82, 2.24) is 0 Å². The van der Waals surface area contributed by atoms with E-state index in [1.807, 2.05) is 0 Å². The number of benzene rings is 2. The number of rotatable bonds is 3. The van der Waals surface area contributed by atoms with E-state index < -0.39 is 11.7 Å². The molecule has 0 radical (unpaired) electrons. The minimum Gasteiger partial charge on any atom is -0.497 e. The first kappa shape index (κ1) is 17.6. The van der Waals surface area contributed by atoms with Crippen LogP contribution in [-0.4, -0.2) is 18.8 Å². The first-order valence-corrected chi connectivity index (χ1v) is 7.43. The molecule has 0 unspecified atom stereocenters. The lowest BCUT2D eigenvalue weighted by Gasteiger charge is -2.20. The van der Waals surface area contributed by atoms with E-state index in [0.29, 0.717) is 28.3 Å². The van der Waals surface area contributed by atoms with E-state index >= 15 is 0 Å². The van der Waals surface area contributed by atoms with Gasteiger partial charge in [0, 0.05) is 5.56 Å². The molecule has 6 heteroatoms. The summed E-state index contributed by atoms with van der Waals surface area (Å²) in [5, 5.41) is 2.58. The van der Waals surface area contributed by atoms with Gasteiger partial charge in [0.15, 0.2) is 0 Å². The zero-order valence-electron chi connectivity index (χ0n) is 14.1. The Labute approximate surface area is 140 Å². The van der Waals surface area contributed by atoms with Crippen LogP contribution in [0.2, 0.25) is 0 Å². The summed E-state index contributed by atoms with van der Waals surface area (Å²) >= 11 is 0. The predicted molar refractivity (Wildman–Crippen MR) is 92.7 cm³/mol. The molecule has 24 heavy (non-hydrogen) atoms. The van der Waals surface area contributed by atoms with Gasteiger partial charge in [0.25, 0.3) is 0 Å². The van der Waals surface area contributed by atoms with Crippen molar-refractivity contribution in [2.24, 2.45) is 0 Å². The van der Waals surface area contributed by atoms with Crippen molar-refractivity contribution in [2.45, 2.75) is 26.4 Å². The molecule has 0 heterocycles. The van der Waals surface area contributed by atoms with Crippen molar-refractivity contribution < 1.29 is 18.7 Å². The SMILES string of the molecule is COc1ccc(F)c(-c2ccc(NC(=O)OC(C)(C)C)c(N)c2)c1. The van der Waals surface area contributed by atoms with Crippen LogP contribution < -0.4 is 15.8 Å². The summed E-state index contributed by atoms with van der Waals surface area (Å²) in [5.74, 6) is 0.156. The van der Waals surface area contributed by atoms with Gasteiger partial charge in [-0.1, -0.05) is 6.07 Å². The Balaban J connectivity index is 2.26. The minimum atomic E-state index is -0.609. The molecule has 0 aliphatic rings. The Hall–Kier alpha value is -2.76. The lowest BCUT2D eigenvalue weighted by atomic mass is 10.0. The van der Waals surface area contributed by atoms with Crippen LogP contribution in [-0.2, 0) is 4.74 Å². The van der Waals surface area contributed by atoms with Gasteiger partial charge in [-0.25, -0.2) is 9.18 Å². The average Bonchev–Trinajstić information content (AvgIpc) is 2.48. The fourth-order valence-electron chi connectivity index (χ4n) is 2.11. The summed E-state index contributed by atoms with van der Waals surface area (Å²) in [4.78, 5) is 11.8. The molecule has 5 nitrogen and oxygen atoms in total. The highest BCUT2D eigenvalue weighted by Gasteiger charge is 2.17. The zero-order chi connectivity index (χ0) is 17.9. The predicted octanol–water partition coefficient (Wildman–Crippen LogP) is 4.43. The minimum absolute atomic E-state index is 0.306. The molecule has 3 N–H and O–H groups in total. The van der Waals surface area contributed by atoms with Crippen LogP contribution in [0.5, 0.6) is 5.75 Å².